The van der Waals surface area contributed by atoms with E-state index in [2.05, 4.69) is 20.9 Å². The van der Waals surface area contributed by atoms with Crippen LogP contribution in [0.4, 0.5) is 0 Å². The minimum atomic E-state index is 0.287. The van der Waals surface area contributed by atoms with Gasteiger partial charge in [-0.2, -0.15) is 0 Å². The summed E-state index contributed by atoms with van der Waals surface area (Å²) in [4.78, 5) is 14.5. The summed E-state index contributed by atoms with van der Waals surface area (Å²) >= 11 is 3.28. The molecule has 1 aliphatic rings. The van der Waals surface area contributed by atoms with Crippen molar-refractivity contribution in [3.05, 3.63) is 22.4 Å². The number of rotatable bonds is 3. The quantitative estimate of drug-likeness (QED) is 0.762. The second-order valence-electron chi connectivity index (χ2n) is 2.97. The van der Waals surface area contributed by atoms with Crippen LogP contribution in [0.25, 0.3) is 0 Å². The van der Waals surface area contributed by atoms with Crippen LogP contribution in [0.15, 0.2) is 16.7 Å². The number of carbonyl (C=O) groups is 1. The van der Waals surface area contributed by atoms with Gasteiger partial charge < -0.3 is 4.74 Å². The molecule has 1 fully saturated rings. The highest BCUT2D eigenvalue weighted by Gasteiger charge is 2.24. The van der Waals surface area contributed by atoms with Gasteiger partial charge in [0.05, 0.1) is 6.10 Å². The molecule has 0 amide bonds. The van der Waals surface area contributed by atoms with E-state index in [0.29, 0.717) is 17.7 Å². The van der Waals surface area contributed by atoms with Crippen molar-refractivity contribution in [2.75, 3.05) is 0 Å². The van der Waals surface area contributed by atoms with E-state index in [1.54, 1.807) is 12.3 Å². The average Bonchev–Trinajstić information content (AvgIpc) is 2.89. The van der Waals surface area contributed by atoms with Crippen molar-refractivity contribution in [2.45, 2.75) is 18.9 Å². The molecule has 0 radical (unpaired) electrons. The average molecular weight is 242 g/mol. The Bertz CT molecular complexity index is 336. The summed E-state index contributed by atoms with van der Waals surface area (Å²) in [6.45, 7) is 0. The van der Waals surface area contributed by atoms with Crippen LogP contribution in [0, 0.1) is 0 Å². The maximum atomic E-state index is 10.6. The number of aromatic nitrogens is 1. The highest BCUT2D eigenvalue weighted by molar-refractivity contribution is 9.10. The molecule has 1 heterocycles. The van der Waals surface area contributed by atoms with Gasteiger partial charge in [-0.1, -0.05) is 0 Å². The van der Waals surface area contributed by atoms with Gasteiger partial charge in [0.25, 0.3) is 0 Å². The summed E-state index contributed by atoms with van der Waals surface area (Å²) in [6.07, 6.45) is 4.73. The monoisotopic (exact) mass is 241 g/mol. The predicted octanol–water partition coefficient (Wildman–Crippen LogP) is 2.20. The van der Waals surface area contributed by atoms with Crippen molar-refractivity contribution < 1.29 is 9.53 Å². The van der Waals surface area contributed by atoms with Gasteiger partial charge >= 0.3 is 0 Å². The Morgan fingerprint density at radius 3 is 3.00 bits per heavy atom. The smallest absolute Gasteiger partial charge is 0.172 e. The lowest BCUT2D eigenvalue weighted by atomic mass is 10.3. The van der Waals surface area contributed by atoms with E-state index < -0.39 is 0 Å². The number of halogens is 1. The molecule has 0 unspecified atom stereocenters. The molecule has 0 atom stereocenters. The number of nitrogens with zero attached hydrogens (tertiary/aromatic N) is 1. The topological polar surface area (TPSA) is 39.2 Å². The van der Waals surface area contributed by atoms with Crippen LogP contribution in [-0.2, 0) is 0 Å². The van der Waals surface area contributed by atoms with Crippen molar-refractivity contribution in [3.63, 3.8) is 0 Å². The first-order chi connectivity index (χ1) is 6.29. The van der Waals surface area contributed by atoms with E-state index in [0.717, 1.165) is 17.3 Å². The molecule has 68 valence electrons. The Kier molecular flexibility index (Phi) is 2.31. The molecule has 1 aromatic rings. The van der Waals surface area contributed by atoms with E-state index in [9.17, 15) is 4.79 Å². The van der Waals surface area contributed by atoms with Crippen molar-refractivity contribution >= 4 is 22.2 Å². The molecule has 4 heteroatoms. The Balaban J connectivity index is 2.27. The largest absolute Gasteiger partial charge is 0.488 e. The zero-order valence-corrected chi connectivity index (χ0v) is 8.45. The number of carbonyl (C=O) groups excluding carboxylic acids is 1. The third kappa shape index (κ3) is 2.06. The molecule has 1 aliphatic carbocycles. The van der Waals surface area contributed by atoms with Gasteiger partial charge in [0.15, 0.2) is 6.29 Å². The molecule has 3 nitrogen and oxygen atoms in total. The van der Waals surface area contributed by atoms with Gasteiger partial charge in [0, 0.05) is 10.7 Å². The molecular formula is C9H8BrNO2. The van der Waals surface area contributed by atoms with E-state index >= 15 is 0 Å². The van der Waals surface area contributed by atoms with Gasteiger partial charge in [-0.25, -0.2) is 4.98 Å². The minimum Gasteiger partial charge on any atom is -0.488 e. The molecule has 2 rings (SSSR count). The molecule has 1 saturated carbocycles. The molecule has 13 heavy (non-hydrogen) atoms. The first kappa shape index (κ1) is 8.69. The number of hydrogen-bond acceptors (Lipinski definition) is 3. The predicted molar refractivity (Wildman–Crippen MR) is 51.0 cm³/mol. The van der Waals surface area contributed by atoms with Crippen molar-refractivity contribution in [2.24, 2.45) is 0 Å². The van der Waals surface area contributed by atoms with Gasteiger partial charge in [0.1, 0.15) is 11.4 Å². The second kappa shape index (κ2) is 3.46. The summed E-state index contributed by atoms with van der Waals surface area (Å²) in [7, 11) is 0. The summed E-state index contributed by atoms with van der Waals surface area (Å²) in [5.74, 6) is 0.576. The summed E-state index contributed by atoms with van der Waals surface area (Å²) in [6, 6.07) is 1.77. The number of pyridine rings is 1. The zero-order valence-electron chi connectivity index (χ0n) is 6.87. The first-order valence-corrected chi connectivity index (χ1v) is 4.86. The summed E-state index contributed by atoms with van der Waals surface area (Å²) in [5.41, 5.74) is 0.370. The van der Waals surface area contributed by atoms with Gasteiger partial charge in [-0.3, -0.25) is 4.79 Å². The van der Waals surface area contributed by atoms with Crippen LogP contribution in [0.3, 0.4) is 0 Å². The van der Waals surface area contributed by atoms with Crippen LogP contribution in [0.1, 0.15) is 23.3 Å². The third-order valence-corrected chi connectivity index (χ3v) is 2.21. The Hall–Kier alpha value is -0.900. The lowest BCUT2D eigenvalue weighted by Gasteiger charge is -2.05. The van der Waals surface area contributed by atoms with Crippen molar-refractivity contribution in [3.8, 4) is 5.75 Å². The van der Waals surface area contributed by atoms with E-state index in [-0.39, 0.29) is 6.10 Å². The fourth-order valence-electron chi connectivity index (χ4n) is 0.980. The highest BCUT2D eigenvalue weighted by Crippen LogP contribution is 2.29. The molecule has 1 aromatic heterocycles. The van der Waals surface area contributed by atoms with Crippen LogP contribution in [-0.4, -0.2) is 17.4 Å². The van der Waals surface area contributed by atoms with Crippen molar-refractivity contribution in [1.82, 2.24) is 4.98 Å². The molecule has 0 spiro atoms. The van der Waals surface area contributed by atoms with Gasteiger partial charge in [-0.05, 0) is 34.8 Å². The molecule has 0 aromatic carbocycles. The van der Waals surface area contributed by atoms with Crippen molar-refractivity contribution in [1.29, 1.82) is 0 Å². The van der Waals surface area contributed by atoms with Crippen LogP contribution >= 0.6 is 15.9 Å². The summed E-state index contributed by atoms with van der Waals surface area (Å²) in [5, 5.41) is 0. The minimum absolute atomic E-state index is 0.287. The highest BCUT2D eigenvalue weighted by atomic mass is 79.9. The molecule has 0 saturated heterocycles. The Morgan fingerprint density at radius 1 is 1.62 bits per heavy atom. The third-order valence-electron chi connectivity index (χ3n) is 1.78. The van der Waals surface area contributed by atoms with Crippen LogP contribution < -0.4 is 4.74 Å². The molecular weight excluding hydrogens is 234 g/mol. The maximum absolute atomic E-state index is 10.6. The Labute approximate surface area is 84.2 Å². The number of ether oxygens (including phenoxy) is 1. The van der Waals surface area contributed by atoms with Crippen LogP contribution in [0.2, 0.25) is 0 Å². The maximum Gasteiger partial charge on any atom is 0.172 e. The molecule has 0 N–H and O–H groups in total. The van der Waals surface area contributed by atoms with E-state index in [4.69, 9.17) is 4.74 Å². The van der Waals surface area contributed by atoms with Gasteiger partial charge in [-0.15, -0.1) is 0 Å². The van der Waals surface area contributed by atoms with Crippen LogP contribution in [0.5, 0.6) is 5.75 Å². The first-order valence-electron chi connectivity index (χ1n) is 4.07. The fraction of sp³-hybridized carbons (Fsp3) is 0.333. The SMILES string of the molecule is O=Cc1ncc(Br)cc1OC1CC1. The number of aldehydes is 1. The fourth-order valence-corrected chi connectivity index (χ4v) is 1.29. The Morgan fingerprint density at radius 2 is 2.38 bits per heavy atom. The standard InChI is InChI=1S/C9H8BrNO2/c10-6-3-9(13-7-1-2-7)8(5-12)11-4-6/h3-5,7H,1-2H2. The normalized spacial score (nSPS) is 15.5. The summed E-state index contributed by atoms with van der Waals surface area (Å²) < 4.78 is 6.33. The lowest BCUT2D eigenvalue weighted by molar-refractivity contribution is 0.111. The van der Waals surface area contributed by atoms with Gasteiger partial charge in [0.2, 0.25) is 0 Å². The lowest BCUT2D eigenvalue weighted by Crippen LogP contribution is -2.00. The van der Waals surface area contributed by atoms with E-state index in [1.165, 1.54) is 0 Å². The van der Waals surface area contributed by atoms with E-state index in [1.807, 2.05) is 0 Å². The zero-order chi connectivity index (χ0) is 9.26. The molecule has 0 bridgehead atoms. The second-order valence-corrected chi connectivity index (χ2v) is 3.89. The molecule has 0 aliphatic heterocycles. The number of hydrogen-bond donors (Lipinski definition) is 0.